The van der Waals surface area contributed by atoms with Crippen molar-refractivity contribution in [2.45, 2.75) is 37.3 Å². The molecule has 6 heteroatoms. The van der Waals surface area contributed by atoms with Crippen molar-refractivity contribution < 1.29 is 19.0 Å². The maximum absolute atomic E-state index is 13.7. The number of hydrogen-bond donors (Lipinski definition) is 1. The maximum atomic E-state index is 13.7. The summed E-state index contributed by atoms with van der Waals surface area (Å²) in [6, 6.07) is 13.0. The van der Waals surface area contributed by atoms with Gasteiger partial charge in [-0.3, -0.25) is 4.90 Å². The zero-order valence-corrected chi connectivity index (χ0v) is 17.2. The lowest BCUT2D eigenvalue weighted by molar-refractivity contribution is -0.0131. The minimum Gasteiger partial charge on any atom is -0.494 e. The van der Waals surface area contributed by atoms with Gasteiger partial charge >= 0.3 is 6.09 Å². The van der Waals surface area contributed by atoms with Gasteiger partial charge in [-0.2, -0.15) is 0 Å². The van der Waals surface area contributed by atoms with Crippen LogP contribution in [0.15, 0.2) is 42.5 Å². The number of carbonyl (C=O) groups is 1. The van der Waals surface area contributed by atoms with Crippen molar-refractivity contribution in [1.29, 1.82) is 0 Å². The maximum Gasteiger partial charge on any atom is 0.408 e. The monoisotopic (exact) mass is 410 g/mol. The zero-order valence-electron chi connectivity index (χ0n) is 17.2. The van der Waals surface area contributed by atoms with E-state index in [0.29, 0.717) is 5.92 Å². The molecule has 0 radical (unpaired) electrons. The van der Waals surface area contributed by atoms with Crippen LogP contribution in [0.2, 0.25) is 0 Å². The largest absolute Gasteiger partial charge is 0.494 e. The lowest BCUT2D eigenvalue weighted by Gasteiger charge is -2.50. The minimum atomic E-state index is -0.807. The molecular weight excluding hydrogens is 383 g/mol. The molecule has 3 saturated heterocycles. The second kappa shape index (κ2) is 7.27. The van der Waals surface area contributed by atoms with Gasteiger partial charge in [0.1, 0.15) is 0 Å². The topological polar surface area (TPSA) is 53.0 Å². The highest BCUT2D eigenvalue weighted by Crippen LogP contribution is 2.54. The smallest absolute Gasteiger partial charge is 0.408 e. The van der Waals surface area contributed by atoms with Crippen LogP contribution in [0.1, 0.15) is 31.2 Å². The SMILES string of the molecule is COc1cc(-c2ccc(C3(N(C(=O)O)C4CN5CCC4CC5)CC3)cc2)ccc1F. The van der Waals surface area contributed by atoms with Crippen LogP contribution >= 0.6 is 0 Å². The van der Waals surface area contributed by atoms with Crippen LogP contribution in [0, 0.1) is 11.7 Å². The summed E-state index contributed by atoms with van der Waals surface area (Å²) in [6.45, 7) is 3.04. The third-order valence-corrected chi connectivity index (χ3v) is 7.25. The number of methoxy groups -OCH3 is 1. The van der Waals surface area contributed by atoms with Gasteiger partial charge in [-0.15, -0.1) is 0 Å². The van der Waals surface area contributed by atoms with Crippen LogP contribution in [0.3, 0.4) is 0 Å². The van der Waals surface area contributed by atoms with Crippen LogP contribution in [-0.4, -0.2) is 53.8 Å². The van der Waals surface area contributed by atoms with Crippen molar-refractivity contribution >= 4 is 6.09 Å². The van der Waals surface area contributed by atoms with E-state index in [-0.39, 0.29) is 17.6 Å². The van der Waals surface area contributed by atoms with Crippen molar-refractivity contribution in [3.8, 4) is 16.9 Å². The first kappa shape index (κ1) is 19.4. The van der Waals surface area contributed by atoms with Crippen LogP contribution < -0.4 is 4.74 Å². The van der Waals surface area contributed by atoms with Crippen molar-refractivity contribution in [1.82, 2.24) is 9.80 Å². The third-order valence-electron chi connectivity index (χ3n) is 7.25. The molecule has 1 atom stereocenters. The van der Waals surface area contributed by atoms with Gasteiger partial charge in [-0.1, -0.05) is 30.3 Å². The van der Waals surface area contributed by atoms with E-state index in [4.69, 9.17) is 4.74 Å². The molecule has 1 aliphatic carbocycles. The molecule has 1 saturated carbocycles. The molecule has 30 heavy (non-hydrogen) atoms. The molecule has 158 valence electrons. The summed E-state index contributed by atoms with van der Waals surface area (Å²) in [6.07, 6.45) is 3.11. The van der Waals surface area contributed by atoms with Gasteiger partial charge in [-0.05, 0) is 73.5 Å². The molecule has 1 amide bonds. The third kappa shape index (κ3) is 3.14. The fraction of sp³-hybridized carbons (Fsp3) is 0.458. The first-order valence-electron chi connectivity index (χ1n) is 10.7. The Hall–Kier alpha value is -2.60. The number of benzene rings is 2. The molecule has 0 aromatic heterocycles. The summed E-state index contributed by atoms with van der Waals surface area (Å²) in [5, 5.41) is 10.2. The highest BCUT2D eigenvalue weighted by Gasteiger charge is 2.56. The van der Waals surface area contributed by atoms with E-state index in [0.717, 1.165) is 62.0 Å². The fourth-order valence-corrected chi connectivity index (χ4v) is 5.47. The van der Waals surface area contributed by atoms with Crippen molar-refractivity contribution in [2.75, 3.05) is 26.7 Å². The number of nitrogens with zero attached hydrogens (tertiary/aromatic N) is 2. The molecule has 1 N–H and O–H groups in total. The Morgan fingerprint density at radius 3 is 2.33 bits per heavy atom. The number of amides is 1. The normalized spacial score (nSPS) is 26.3. The molecule has 6 rings (SSSR count). The van der Waals surface area contributed by atoms with Gasteiger partial charge in [-0.25, -0.2) is 9.18 Å². The molecule has 0 spiro atoms. The van der Waals surface area contributed by atoms with E-state index in [2.05, 4.69) is 4.90 Å². The van der Waals surface area contributed by atoms with E-state index in [1.54, 1.807) is 17.0 Å². The molecular formula is C24H27FN2O3. The Morgan fingerprint density at radius 1 is 1.13 bits per heavy atom. The molecule has 3 aliphatic heterocycles. The lowest BCUT2D eigenvalue weighted by atomic mass is 9.82. The lowest BCUT2D eigenvalue weighted by Crippen LogP contribution is -2.61. The summed E-state index contributed by atoms with van der Waals surface area (Å²) >= 11 is 0. The average molecular weight is 410 g/mol. The fourth-order valence-electron chi connectivity index (χ4n) is 5.47. The van der Waals surface area contributed by atoms with E-state index in [1.807, 2.05) is 24.3 Å². The summed E-state index contributed by atoms with van der Waals surface area (Å²) < 4.78 is 18.8. The Morgan fingerprint density at radius 2 is 1.80 bits per heavy atom. The number of halogens is 1. The van der Waals surface area contributed by atoms with E-state index < -0.39 is 11.6 Å². The van der Waals surface area contributed by atoms with Crippen LogP contribution in [-0.2, 0) is 5.54 Å². The molecule has 2 bridgehead atoms. The van der Waals surface area contributed by atoms with Gasteiger partial charge in [0, 0.05) is 6.54 Å². The van der Waals surface area contributed by atoms with Crippen LogP contribution in [0.5, 0.6) is 5.75 Å². The van der Waals surface area contributed by atoms with Crippen molar-refractivity contribution in [3.63, 3.8) is 0 Å². The highest BCUT2D eigenvalue weighted by atomic mass is 19.1. The number of hydrogen-bond acceptors (Lipinski definition) is 3. The first-order chi connectivity index (χ1) is 14.5. The molecule has 3 heterocycles. The van der Waals surface area contributed by atoms with E-state index >= 15 is 0 Å². The summed E-state index contributed by atoms with van der Waals surface area (Å²) in [4.78, 5) is 16.6. The average Bonchev–Trinajstić information content (AvgIpc) is 3.56. The minimum absolute atomic E-state index is 0.0773. The Bertz CT molecular complexity index is 949. The molecule has 2 aromatic rings. The number of rotatable bonds is 5. The first-order valence-corrected chi connectivity index (χ1v) is 10.7. The summed E-state index contributed by atoms with van der Waals surface area (Å²) in [5.74, 6) is 0.300. The molecule has 5 nitrogen and oxygen atoms in total. The Labute approximate surface area is 176 Å². The molecule has 4 fully saturated rings. The second-order valence-corrected chi connectivity index (χ2v) is 8.82. The van der Waals surface area contributed by atoms with E-state index in [9.17, 15) is 14.3 Å². The predicted molar refractivity (Wildman–Crippen MR) is 112 cm³/mol. The van der Waals surface area contributed by atoms with Gasteiger partial charge in [0.05, 0.1) is 18.7 Å². The molecule has 2 aromatic carbocycles. The second-order valence-electron chi connectivity index (χ2n) is 8.82. The number of ether oxygens (including phenoxy) is 1. The van der Waals surface area contributed by atoms with Gasteiger partial charge in [0.15, 0.2) is 11.6 Å². The quantitative estimate of drug-likeness (QED) is 0.785. The van der Waals surface area contributed by atoms with Gasteiger partial charge in [0.25, 0.3) is 0 Å². The molecule has 4 aliphatic rings. The van der Waals surface area contributed by atoms with Crippen LogP contribution in [0.25, 0.3) is 11.1 Å². The molecule has 1 unspecified atom stereocenters. The van der Waals surface area contributed by atoms with Crippen LogP contribution in [0.4, 0.5) is 9.18 Å². The van der Waals surface area contributed by atoms with Gasteiger partial charge in [0.2, 0.25) is 0 Å². The van der Waals surface area contributed by atoms with Crippen molar-refractivity contribution in [2.24, 2.45) is 5.92 Å². The van der Waals surface area contributed by atoms with E-state index in [1.165, 1.54) is 13.2 Å². The standard InChI is InChI=1S/C24H27FN2O3/c1-30-22-14-18(4-7-20(22)25)16-2-5-19(6-3-16)24(10-11-24)27(23(28)29)21-15-26-12-8-17(21)9-13-26/h2-7,14,17,21H,8-13,15H2,1H3,(H,28,29). The number of piperidine rings is 3. The number of fused-ring (bicyclic) bond motifs is 3. The summed E-state index contributed by atoms with van der Waals surface area (Å²) in [5.41, 5.74) is 2.47. The highest BCUT2D eigenvalue weighted by molar-refractivity contribution is 5.69. The Balaban J connectivity index is 1.44. The van der Waals surface area contributed by atoms with Gasteiger partial charge < -0.3 is 14.7 Å². The number of carboxylic acid groups (broad SMARTS) is 1. The Kier molecular flexibility index (Phi) is 4.69. The predicted octanol–water partition coefficient (Wildman–Crippen LogP) is 4.56. The zero-order chi connectivity index (χ0) is 20.9. The van der Waals surface area contributed by atoms with Crippen molar-refractivity contribution in [3.05, 3.63) is 53.8 Å². The summed E-state index contributed by atoms with van der Waals surface area (Å²) in [7, 11) is 1.46.